The van der Waals surface area contributed by atoms with Crippen LogP contribution in [-0.4, -0.2) is 17.7 Å². The molecule has 0 saturated heterocycles. The molecule has 3 rings (SSSR count). The molecule has 3 heteroatoms. The molecule has 0 spiro atoms. The molecule has 0 aliphatic heterocycles. The van der Waals surface area contributed by atoms with E-state index >= 15 is 0 Å². The van der Waals surface area contributed by atoms with Gasteiger partial charge < -0.3 is 9.84 Å². The molecule has 0 bridgehead atoms. The molecule has 0 heterocycles. The molecule has 2 unspecified atom stereocenters. The topological polar surface area (TPSA) is 46.5 Å². The van der Waals surface area contributed by atoms with Gasteiger partial charge in [0.15, 0.2) is 0 Å². The Morgan fingerprint density at radius 3 is 2.64 bits per heavy atom. The minimum atomic E-state index is -0.767. The van der Waals surface area contributed by atoms with E-state index in [0.29, 0.717) is 11.8 Å². The van der Waals surface area contributed by atoms with Crippen molar-refractivity contribution in [3.05, 3.63) is 29.3 Å². The van der Waals surface area contributed by atoms with Gasteiger partial charge in [0, 0.05) is 0 Å². The van der Waals surface area contributed by atoms with Crippen LogP contribution in [0.5, 0.6) is 5.75 Å². The summed E-state index contributed by atoms with van der Waals surface area (Å²) in [6.45, 7) is 3.05. The number of carboxylic acids is 1. The zero-order valence-electron chi connectivity index (χ0n) is 15.5. The van der Waals surface area contributed by atoms with Crippen molar-refractivity contribution < 1.29 is 14.6 Å². The molecule has 2 aliphatic carbocycles. The SMILES string of the molecule is CCCC1CCCCCC1c1cc(CC(=O)O)cc(OCC2CC2)c1. The lowest BCUT2D eigenvalue weighted by Gasteiger charge is -2.26. The van der Waals surface area contributed by atoms with Crippen molar-refractivity contribution in [2.24, 2.45) is 11.8 Å². The third kappa shape index (κ3) is 5.49. The van der Waals surface area contributed by atoms with Gasteiger partial charge in [-0.15, -0.1) is 0 Å². The Kier molecular flexibility index (Phi) is 6.39. The average molecular weight is 344 g/mol. The third-order valence-corrected chi connectivity index (χ3v) is 5.77. The summed E-state index contributed by atoms with van der Waals surface area (Å²) in [5.41, 5.74) is 2.19. The smallest absolute Gasteiger partial charge is 0.307 e. The van der Waals surface area contributed by atoms with Crippen molar-refractivity contribution in [1.82, 2.24) is 0 Å². The molecule has 1 aromatic rings. The zero-order valence-corrected chi connectivity index (χ0v) is 15.5. The lowest BCUT2D eigenvalue weighted by molar-refractivity contribution is -0.136. The van der Waals surface area contributed by atoms with Crippen molar-refractivity contribution in [1.29, 1.82) is 0 Å². The molecular weight excluding hydrogens is 312 g/mol. The Hall–Kier alpha value is -1.51. The number of ether oxygens (including phenoxy) is 1. The summed E-state index contributed by atoms with van der Waals surface area (Å²) < 4.78 is 6.02. The van der Waals surface area contributed by atoms with Crippen LogP contribution in [0.4, 0.5) is 0 Å². The number of aliphatic carboxylic acids is 1. The number of carbonyl (C=O) groups is 1. The molecule has 2 saturated carbocycles. The molecule has 2 atom stereocenters. The van der Waals surface area contributed by atoms with E-state index < -0.39 is 5.97 Å². The van der Waals surface area contributed by atoms with Gasteiger partial charge in [0.05, 0.1) is 13.0 Å². The fourth-order valence-electron chi connectivity index (χ4n) is 4.30. The monoisotopic (exact) mass is 344 g/mol. The predicted octanol–water partition coefficient (Wildman–Crippen LogP) is 5.57. The van der Waals surface area contributed by atoms with Crippen LogP contribution >= 0.6 is 0 Å². The van der Waals surface area contributed by atoms with E-state index in [-0.39, 0.29) is 6.42 Å². The summed E-state index contributed by atoms with van der Waals surface area (Å²) in [4.78, 5) is 11.2. The molecule has 2 fully saturated rings. The normalized spacial score (nSPS) is 23.9. The average Bonchev–Trinajstić information content (AvgIpc) is 3.40. The summed E-state index contributed by atoms with van der Waals surface area (Å²) in [5, 5.41) is 9.23. The van der Waals surface area contributed by atoms with E-state index in [1.54, 1.807) is 0 Å². The number of rotatable bonds is 8. The maximum Gasteiger partial charge on any atom is 0.307 e. The second kappa shape index (κ2) is 8.73. The summed E-state index contributed by atoms with van der Waals surface area (Å²) in [6, 6.07) is 6.27. The van der Waals surface area contributed by atoms with E-state index in [0.717, 1.165) is 23.8 Å². The molecule has 1 aromatic carbocycles. The number of hydrogen-bond acceptors (Lipinski definition) is 2. The molecule has 0 radical (unpaired) electrons. The first-order valence-corrected chi connectivity index (χ1v) is 10.1. The Balaban J connectivity index is 1.84. The van der Waals surface area contributed by atoms with Crippen LogP contribution in [0.3, 0.4) is 0 Å². The summed E-state index contributed by atoms with van der Waals surface area (Å²) in [7, 11) is 0. The van der Waals surface area contributed by atoms with Gasteiger partial charge in [0.2, 0.25) is 0 Å². The van der Waals surface area contributed by atoms with Crippen LogP contribution in [0.2, 0.25) is 0 Å². The second-order valence-corrected chi connectivity index (χ2v) is 8.03. The lowest BCUT2D eigenvalue weighted by Crippen LogP contribution is -2.13. The van der Waals surface area contributed by atoms with Crippen LogP contribution in [0.1, 0.15) is 81.8 Å². The second-order valence-electron chi connectivity index (χ2n) is 8.03. The summed E-state index contributed by atoms with van der Waals surface area (Å²) >= 11 is 0. The van der Waals surface area contributed by atoms with Gasteiger partial charge in [0.25, 0.3) is 0 Å². The Labute approximate surface area is 151 Å². The Morgan fingerprint density at radius 2 is 1.92 bits per heavy atom. The third-order valence-electron chi connectivity index (χ3n) is 5.77. The molecule has 25 heavy (non-hydrogen) atoms. The summed E-state index contributed by atoms with van der Waals surface area (Å²) in [6.07, 6.45) is 11.6. The fraction of sp³-hybridized carbons (Fsp3) is 0.682. The van der Waals surface area contributed by atoms with Crippen molar-refractivity contribution in [3.8, 4) is 5.75 Å². The van der Waals surface area contributed by atoms with Crippen LogP contribution in [-0.2, 0) is 11.2 Å². The standard InChI is InChI=1S/C22H32O3/c1-2-6-18-7-4-3-5-8-21(18)19-11-17(13-22(23)24)12-20(14-19)25-15-16-9-10-16/h11-12,14,16,18,21H,2-10,13,15H2,1H3,(H,23,24). The highest BCUT2D eigenvalue weighted by Crippen LogP contribution is 2.40. The van der Waals surface area contributed by atoms with Crippen molar-refractivity contribution in [3.63, 3.8) is 0 Å². The molecule has 0 aromatic heterocycles. The largest absolute Gasteiger partial charge is 0.493 e. The quantitative estimate of drug-likeness (QED) is 0.627. The van der Waals surface area contributed by atoms with Crippen LogP contribution in [0, 0.1) is 11.8 Å². The first-order valence-electron chi connectivity index (χ1n) is 10.1. The zero-order chi connectivity index (χ0) is 17.6. The highest BCUT2D eigenvalue weighted by molar-refractivity contribution is 5.70. The maximum atomic E-state index is 11.2. The lowest BCUT2D eigenvalue weighted by atomic mass is 9.79. The first-order chi connectivity index (χ1) is 12.2. The molecule has 2 aliphatic rings. The van der Waals surface area contributed by atoms with E-state index in [4.69, 9.17) is 4.74 Å². The van der Waals surface area contributed by atoms with Crippen molar-refractivity contribution in [2.75, 3.05) is 6.61 Å². The minimum Gasteiger partial charge on any atom is -0.493 e. The number of benzene rings is 1. The van der Waals surface area contributed by atoms with Gasteiger partial charge >= 0.3 is 5.97 Å². The predicted molar refractivity (Wildman–Crippen MR) is 100 cm³/mol. The molecule has 3 nitrogen and oxygen atoms in total. The van der Waals surface area contributed by atoms with E-state index in [2.05, 4.69) is 19.1 Å². The summed E-state index contributed by atoms with van der Waals surface area (Å²) in [5.74, 6) is 2.09. The Morgan fingerprint density at radius 1 is 1.12 bits per heavy atom. The van der Waals surface area contributed by atoms with Crippen LogP contribution in [0.25, 0.3) is 0 Å². The molecule has 1 N–H and O–H groups in total. The van der Waals surface area contributed by atoms with Gasteiger partial charge in [-0.2, -0.15) is 0 Å². The molecular formula is C22H32O3. The highest BCUT2D eigenvalue weighted by atomic mass is 16.5. The van der Waals surface area contributed by atoms with E-state index in [9.17, 15) is 9.90 Å². The van der Waals surface area contributed by atoms with Gasteiger partial charge in [-0.3, -0.25) is 4.79 Å². The van der Waals surface area contributed by atoms with Crippen molar-refractivity contribution >= 4 is 5.97 Å². The van der Waals surface area contributed by atoms with Crippen LogP contribution in [0.15, 0.2) is 18.2 Å². The fourth-order valence-corrected chi connectivity index (χ4v) is 4.30. The van der Waals surface area contributed by atoms with Gasteiger partial charge in [0.1, 0.15) is 5.75 Å². The first kappa shape index (κ1) is 18.3. The van der Waals surface area contributed by atoms with E-state index in [1.807, 2.05) is 6.07 Å². The van der Waals surface area contributed by atoms with Crippen LogP contribution < -0.4 is 4.74 Å². The van der Waals surface area contributed by atoms with Crippen molar-refractivity contribution in [2.45, 2.75) is 77.0 Å². The molecule has 0 amide bonds. The Bertz CT molecular complexity index is 577. The highest BCUT2D eigenvalue weighted by Gasteiger charge is 2.26. The van der Waals surface area contributed by atoms with Gasteiger partial charge in [-0.1, -0.05) is 45.1 Å². The molecule has 138 valence electrons. The number of carboxylic acid groups (broad SMARTS) is 1. The minimum absolute atomic E-state index is 0.0821. The number of hydrogen-bond donors (Lipinski definition) is 1. The van der Waals surface area contributed by atoms with E-state index in [1.165, 1.54) is 63.4 Å². The van der Waals surface area contributed by atoms with Gasteiger partial charge in [-0.05, 0) is 66.7 Å². The van der Waals surface area contributed by atoms with Gasteiger partial charge in [-0.25, -0.2) is 0 Å². The maximum absolute atomic E-state index is 11.2.